The molecule has 2 aromatic rings. The Balaban J connectivity index is 2.14. The Hall–Kier alpha value is -3.60. The van der Waals surface area contributed by atoms with Crippen molar-refractivity contribution >= 4 is 18.0 Å². The number of esters is 2. The number of carbonyl (C=O) groups excluding carboxylic acids is 3. The van der Waals surface area contributed by atoms with E-state index in [-0.39, 0.29) is 6.61 Å². The Morgan fingerprint density at radius 1 is 0.939 bits per heavy atom. The van der Waals surface area contributed by atoms with Crippen molar-refractivity contribution in [1.82, 2.24) is 5.32 Å². The number of methoxy groups -OCH3 is 2. The molecule has 0 fully saturated rings. The molecule has 1 N–H and O–H groups in total. The van der Waals surface area contributed by atoms with Gasteiger partial charge in [0.25, 0.3) is 5.60 Å². The van der Waals surface area contributed by atoms with Gasteiger partial charge in [0.05, 0.1) is 13.7 Å². The van der Waals surface area contributed by atoms with Gasteiger partial charge in [0.15, 0.2) is 0 Å². The summed E-state index contributed by atoms with van der Waals surface area (Å²) in [7, 11) is 1.63. The van der Waals surface area contributed by atoms with Crippen LogP contribution in [0.1, 0.15) is 11.1 Å². The molecule has 2 aromatic carbocycles. The lowest BCUT2D eigenvalue weighted by atomic mass is 9.92. The molecule has 0 spiro atoms. The predicted octanol–water partition coefficient (Wildman–Crippen LogP) is 3.10. The van der Waals surface area contributed by atoms with Crippen LogP contribution in [0, 0.1) is 0 Å². The Morgan fingerprint density at radius 3 is 2.03 bits per heavy atom. The molecule has 0 aliphatic heterocycles. The number of ether oxygens (including phenoxy) is 4. The second kappa shape index (κ2) is 11.3. The van der Waals surface area contributed by atoms with E-state index in [2.05, 4.69) is 14.8 Å². The SMILES string of the molecule is COC(=O)[C@@H](CNC(=O)OCc1ccccc1)OC(=O)[C@](OC)(c1ccccc1)C(F)(F)F. The minimum Gasteiger partial charge on any atom is -0.466 e. The minimum atomic E-state index is -5.23. The number of nitrogens with one attached hydrogen (secondary N) is 1. The zero-order valence-electron chi connectivity index (χ0n) is 17.8. The van der Waals surface area contributed by atoms with Crippen LogP contribution in [-0.2, 0) is 40.7 Å². The van der Waals surface area contributed by atoms with Gasteiger partial charge in [-0.25, -0.2) is 14.4 Å². The first-order valence-corrected chi connectivity index (χ1v) is 9.56. The lowest BCUT2D eigenvalue weighted by molar-refractivity contribution is -0.278. The van der Waals surface area contributed by atoms with E-state index in [1.807, 2.05) is 0 Å². The maximum Gasteiger partial charge on any atom is 0.432 e. The maximum atomic E-state index is 14.0. The first-order chi connectivity index (χ1) is 15.7. The van der Waals surface area contributed by atoms with Gasteiger partial charge in [0.1, 0.15) is 6.61 Å². The van der Waals surface area contributed by atoms with Gasteiger partial charge in [-0.1, -0.05) is 60.7 Å². The lowest BCUT2D eigenvalue weighted by Gasteiger charge is -2.33. The van der Waals surface area contributed by atoms with Crippen molar-refractivity contribution in [2.75, 3.05) is 20.8 Å². The fraction of sp³-hybridized carbons (Fsp3) is 0.318. The van der Waals surface area contributed by atoms with Crippen LogP contribution >= 0.6 is 0 Å². The molecule has 0 aliphatic carbocycles. The number of halogens is 3. The third-order valence-electron chi connectivity index (χ3n) is 4.53. The fourth-order valence-corrected chi connectivity index (χ4v) is 2.85. The molecular weight excluding hydrogens is 447 g/mol. The summed E-state index contributed by atoms with van der Waals surface area (Å²) in [6, 6.07) is 14.7. The number of alkyl carbamates (subject to hydrolysis) is 1. The Bertz CT molecular complexity index is 938. The van der Waals surface area contributed by atoms with Gasteiger partial charge < -0.3 is 24.3 Å². The number of carbonyl (C=O) groups is 3. The monoisotopic (exact) mass is 469 g/mol. The molecule has 33 heavy (non-hydrogen) atoms. The molecule has 0 unspecified atom stereocenters. The average Bonchev–Trinajstić information content (AvgIpc) is 2.81. The van der Waals surface area contributed by atoms with E-state index in [1.165, 1.54) is 18.2 Å². The van der Waals surface area contributed by atoms with Gasteiger partial charge in [-0.2, -0.15) is 13.2 Å². The van der Waals surface area contributed by atoms with E-state index in [0.29, 0.717) is 12.7 Å². The molecule has 0 aromatic heterocycles. The summed E-state index contributed by atoms with van der Waals surface area (Å²) in [5.41, 5.74) is -3.38. The third-order valence-corrected chi connectivity index (χ3v) is 4.53. The zero-order chi connectivity index (χ0) is 24.5. The maximum absolute atomic E-state index is 14.0. The molecule has 0 saturated carbocycles. The highest BCUT2D eigenvalue weighted by Gasteiger charge is 2.64. The summed E-state index contributed by atoms with van der Waals surface area (Å²) >= 11 is 0. The number of benzene rings is 2. The van der Waals surface area contributed by atoms with Crippen molar-refractivity contribution in [3.63, 3.8) is 0 Å². The van der Waals surface area contributed by atoms with Crippen molar-refractivity contribution in [1.29, 1.82) is 0 Å². The van der Waals surface area contributed by atoms with Crippen LogP contribution < -0.4 is 5.32 Å². The standard InChI is InChI=1S/C22H22F3NO7/c1-30-18(27)17(13-26-20(29)32-14-15-9-5-3-6-10-15)33-19(28)21(31-2,22(23,24)25)16-11-7-4-8-12-16/h3-12,17H,13-14H2,1-2H3,(H,26,29)/t17-,21-/m1/s1. The summed E-state index contributed by atoms with van der Waals surface area (Å²) in [4.78, 5) is 36.7. The summed E-state index contributed by atoms with van der Waals surface area (Å²) in [5, 5.41) is 2.16. The summed E-state index contributed by atoms with van der Waals surface area (Å²) in [6.07, 6.45) is -8.11. The smallest absolute Gasteiger partial charge is 0.432 e. The molecule has 0 radical (unpaired) electrons. The fourth-order valence-electron chi connectivity index (χ4n) is 2.85. The quantitative estimate of drug-likeness (QED) is 0.445. The van der Waals surface area contributed by atoms with E-state index >= 15 is 0 Å². The van der Waals surface area contributed by atoms with Crippen LogP contribution in [0.2, 0.25) is 0 Å². The van der Waals surface area contributed by atoms with Crippen molar-refractivity contribution in [3.8, 4) is 0 Å². The van der Waals surface area contributed by atoms with Gasteiger partial charge in [-0.15, -0.1) is 0 Å². The van der Waals surface area contributed by atoms with E-state index in [4.69, 9.17) is 9.47 Å². The molecule has 2 rings (SSSR count). The number of rotatable bonds is 9. The lowest BCUT2D eigenvalue weighted by Crippen LogP contribution is -2.54. The van der Waals surface area contributed by atoms with Gasteiger partial charge in [-0.3, -0.25) is 0 Å². The van der Waals surface area contributed by atoms with Crippen LogP contribution in [-0.4, -0.2) is 51.1 Å². The van der Waals surface area contributed by atoms with Crippen molar-refractivity contribution in [2.24, 2.45) is 0 Å². The molecule has 0 saturated heterocycles. The Kier molecular flexibility index (Phi) is 8.80. The summed E-state index contributed by atoms with van der Waals surface area (Å²) in [6.45, 7) is -0.789. The van der Waals surface area contributed by atoms with E-state index in [0.717, 1.165) is 19.2 Å². The van der Waals surface area contributed by atoms with E-state index in [9.17, 15) is 27.6 Å². The normalized spacial score (nSPS) is 13.8. The highest BCUT2D eigenvalue weighted by molar-refractivity contribution is 5.86. The third kappa shape index (κ3) is 6.22. The number of amides is 1. The molecular formula is C22H22F3NO7. The first kappa shape index (κ1) is 25.7. The van der Waals surface area contributed by atoms with Crippen molar-refractivity contribution < 1.29 is 46.5 Å². The highest BCUT2D eigenvalue weighted by atomic mass is 19.4. The topological polar surface area (TPSA) is 100 Å². The number of hydrogen-bond acceptors (Lipinski definition) is 7. The molecule has 1 amide bonds. The average molecular weight is 469 g/mol. The number of hydrogen-bond donors (Lipinski definition) is 1. The highest BCUT2D eigenvalue weighted by Crippen LogP contribution is 2.43. The molecule has 178 valence electrons. The molecule has 2 atom stereocenters. The van der Waals surface area contributed by atoms with E-state index in [1.54, 1.807) is 30.3 Å². The van der Waals surface area contributed by atoms with Crippen LogP contribution in [0.5, 0.6) is 0 Å². The molecule has 0 aliphatic rings. The second-order valence-electron chi connectivity index (χ2n) is 6.61. The molecule has 0 bridgehead atoms. The van der Waals surface area contributed by atoms with Crippen molar-refractivity contribution in [3.05, 3.63) is 71.8 Å². The first-order valence-electron chi connectivity index (χ1n) is 9.56. The van der Waals surface area contributed by atoms with Crippen LogP contribution in [0.4, 0.5) is 18.0 Å². The van der Waals surface area contributed by atoms with Gasteiger partial charge >= 0.3 is 24.2 Å². The largest absolute Gasteiger partial charge is 0.466 e. The van der Waals surface area contributed by atoms with Gasteiger partial charge in [0.2, 0.25) is 6.10 Å². The molecule has 11 heteroatoms. The predicted molar refractivity (Wildman–Crippen MR) is 108 cm³/mol. The van der Waals surface area contributed by atoms with Crippen LogP contribution in [0.3, 0.4) is 0 Å². The second-order valence-corrected chi connectivity index (χ2v) is 6.61. The molecule has 0 heterocycles. The Morgan fingerprint density at radius 2 is 1.52 bits per heavy atom. The number of alkyl halides is 3. The van der Waals surface area contributed by atoms with Crippen LogP contribution in [0.15, 0.2) is 60.7 Å². The van der Waals surface area contributed by atoms with Crippen molar-refractivity contribution in [2.45, 2.75) is 24.5 Å². The Labute approximate surface area is 187 Å². The van der Waals surface area contributed by atoms with Crippen LogP contribution in [0.25, 0.3) is 0 Å². The summed E-state index contributed by atoms with van der Waals surface area (Å²) < 4.78 is 60.8. The minimum absolute atomic E-state index is 0.0930. The van der Waals surface area contributed by atoms with Gasteiger partial charge in [0, 0.05) is 12.7 Å². The molecule has 8 nitrogen and oxygen atoms in total. The van der Waals surface area contributed by atoms with Gasteiger partial charge in [-0.05, 0) is 5.56 Å². The zero-order valence-corrected chi connectivity index (χ0v) is 17.8. The van der Waals surface area contributed by atoms with E-state index < -0.39 is 48.0 Å². The summed E-state index contributed by atoms with van der Waals surface area (Å²) in [5.74, 6) is -3.09.